The third kappa shape index (κ3) is 1.85. The Balaban J connectivity index is 2.42. The van der Waals surface area contributed by atoms with E-state index < -0.39 is 6.09 Å². The van der Waals surface area contributed by atoms with Crippen LogP contribution in [-0.2, 0) is 4.74 Å². The van der Waals surface area contributed by atoms with E-state index in [9.17, 15) is 4.79 Å². The average molecular weight is 221 g/mol. The van der Waals surface area contributed by atoms with Gasteiger partial charge < -0.3 is 4.74 Å². The fraction of sp³-hybridized carbons (Fsp3) is 0.250. The molecule has 1 aromatic heterocycles. The molecule has 0 saturated heterocycles. The third-order valence-electron chi connectivity index (χ3n) is 1.76. The van der Waals surface area contributed by atoms with Crippen LogP contribution in [0.5, 0.6) is 0 Å². The summed E-state index contributed by atoms with van der Waals surface area (Å²) < 4.78 is 7.49. The van der Waals surface area contributed by atoms with E-state index in [0.717, 1.165) is 4.68 Å². The van der Waals surface area contributed by atoms with Crippen molar-refractivity contribution in [1.29, 1.82) is 0 Å². The Morgan fingerprint density at radius 2 is 2.00 bits per heavy atom. The maximum atomic E-state index is 11.7. The Kier molecular flexibility index (Phi) is 2.81. The van der Waals surface area contributed by atoms with Crippen molar-refractivity contribution in [2.75, 3.05) is 6.61 Å². The summed E-state index contributed by atoms with van der Waals surface area (Å²) in [5.41, 5.74) is 0. The summed E-state index contributed by atoms with van der Waals surface area (Å²) >= 11 is 0. The van der Waals surface area contributed by atoms with Crippen LogP contribution in [0.15, 0.2) is 45.2 Å². The summed E-state index contributed by atoms with van der Waals surface area (Å²) in [5.74, 6) is 0.0645. The van der Waals surface area contributed by atoms with Gasteiger partial charge in [0.05, 0.1) is 27.3 Å². The molecular weight excluding hydrogens is 212 g/mol. The van der Waals surface area contributed by atoms with Gasteiger partial charge in [0.25, 0.3) is 0 Å². The van der Waals surface area contributed by atoms with E-state index in [4.69, 9.17) is 4.74 Å². The van der Waals surface area contributed by atoms with Crippen LogP contribution < -0.4 is 0 Å². The van der Waals surface area contributed by atoms with Crippen LogP contribution in [0.25, 0.3) is 0 Å². The molecule has 0 bridgehead atoms. The molecule has 0 unspecified atom stereocenters. The number of hydrogen-bond donors (Lipinski definition) is 0. The quantitative estimate of drug-likeness (QED) is 0.710. The van der Waals surface area contributed by atoms with Crippen molar-refractivity contribution in [2.24, 2.45) is 20.7 Å². The normalized spacial score (nSPS) is 13.2. The van der Waals surface area contributed by atoms with Crippen LogP contribution >= 0.6 is 0 Å². The number of carbonyl (C=O) groups excluding carboxylic acids is 1. The van der Waals surface area contributed by atoms with Crippen molar-refractivity contribution in [3.8, 4) is 0 Å². The van der Waals surface area contributed by atoms with Gasteiger partial charge in [-0.3, -0.25) is 0 Å². The molecule has 0 atom stereocenters. The maximum Gasteiger partial charge on any atom is 0.509 e. The third-order valence-corrected chi connectivity index (χ3v) is 1.76. The van der Waals surface area contributed by atoms with Gasteiger partial charge in [-0.05, 0) is 23.7 Å². The van der Waals surface area contributed by atoms with E-state index in [1.54, 1.807) is 31.5 Å². The van der Waals surface area contributed by atoms with E-state index in [1.165, 1.54) is 4.68 Å². The van der Waals surface area contributed by atoms with Gasteiger partial charge in [0.15, 0.2) is 0 Å². The lowest BCUT2D eigenvalue weighted by Crippen LogP contribution is -2.30. The van der Waals surface area contributed by atoms with E-state index in [0.29, 0.717) is 0 Å². The average Bonchev–Trinajstić information content (AvgIpc) is 2.91. The van der Waals surface area contributed by atoms with Crippen molar-refractivity contribution in [3.63, 3.8) is 0 Å². The molecule has 16 heavy (non-hydrogen) atoms. The first-order chi connectivity index (χ1) is 7.83. The lowest BCUT2D eigenvalue weighted by Gasteiger charge is -2.05. The molecule has 0 saturated carbocycles. The molecule has 0 radical (unpaired) electrons. The highest BCUT2D eigenvalue weighted by atomic mass is 16.6. The first-order valence-corrected chi connectivity index (χ1v) is 4.61. The highest BCUT2D eigenvalue weighted by Gasteiger charge is 2.27. The molecule has 1 amide bonds. The minimum atomic E-state index is -0.589. The zero-order chi connectivity index (χ0) is 11.4. The van der Waals surface area contributed by atoms with Crippen LogP contribution in [0.1, 0.15) is 6.92 Å². The maximum absolute atomic E-state index is 11.7. The molecule has 2 heterocycles. The standard InChI is InChI=1S/C8H9N6O2/c1-2-16-8(15)14(7-9-11-12-10-7)13-5-3-4-6-13/h3-6H,2H2,1H3/q+1. The Labute approximate surface area is 90.5 Å². The van der Waals surface area contributed by atoms with Crippen molar-refractivity contribution >= 4 is 12.1 Å². The van der Waals surface area contributed by atoms with Gasteiger partial charge in [0.1, 0.15) is 0 Å². The summed E-state index contributed by atoms with van der Waals surface area (Å²) in [7, 11) is 0. The first-order valence-electron chi connectivity index (χ1n) is 4.61. The van der Waals surface area contributed by atoms with Gasteiger partial charge in [-0.15, -0.1) is 0 Å². The summed E-state index contributed by atoms with van der Waals surface area (Å²) in [5, 5.41) is 13.9. The Hall–Kier alpha value is -2.38. The van der Waals surface area contributed by atoms with Crippen molar-refractivity contribution in [1.82, 2.24) is 4.68 Å². The summed E-state index contributed by atoms with van der Waals surface area (Å²) in [6, 6.07) is 3.52. The van der Waals surface area contributed by atoms with Gasteiger partial charge in [-0.2, -0.15) is 0 Å². The molecule has 8 heteroatoms. The van der Waals surface area contributed by atoms with Crippen LogP contribution in [-0.4, -0.2) is 28.0 Å². The Morgan fingerprint density at radius 1 is 1.38 bits per heavy atom. The number of rotatable bonds is 2. The summed E-state index contributed by atoms with van der Waals surface area (Å²) in [6.45, 7) is 1.98. The molecule has 82 valence electrons. The topological polar surface area (TPSA) is 83.7 Å². The Bertz CT molecular complexity index is 459. The van der Waals surface area contributed by atoms with E-state index in [2.05, 4.69) is 20.7 Å². The number of carbonyl (C=O) groups is 1. The molecular formula is C8H9N6O2+. The van der Waals surface area contributed by atoms with E-state index >= 15 is 0 Å². The van der Waals surface area contributed by atoms with Crippen molar-refractivity contribution < 1.29 is 14.2 Å². The van der Waals surface area contributed by atoms with Crippen molar-refractivity contribution in [2.45, 2.75) is 6.92 Å². The number of ether oxygens (including phenoxy) is 1. The van der Waals surface area contributed by atoms with Crippen LogP contribution in [0.3, 0.4) is 0 Å². The van der Waals surface area contributed by atoms with Crippen LogP contribution in [0, 0.1) is 0 Å². The second kappa shape index (κ2) is 4.43. The fourth-order valence-electron chi connectivity index (χ4n) is 1.15. The number of amides is 1. The SMILES string of the molecule is CCOC(=O)[N+](=C1N=NN=N1)n1cccc1. The van der Waals surface area contributed by atoms with Gasteiger partial charge in [-0.25, -0.2) is 9.47 Å². The smallest absolute Gasteiger partial charge is 0.436 e. The fourth-order valence-corrected chi connectivity index (χ4v) is 1.15. The Morgan fingerprint density at radius 3 is 2.56 bits per heavy atom. The van der Waals surface area contributed by atoms with Crippen LogP contribution in [0.2, 0.25) is 0 Å². The second-order valence-electron chi connectivity index (χ2n) is 2.75. The van der Waals surface area contributed by atoms with Crippen molar-refractivity contribution in [3.05, 3.63) is 24.5 Å². The number of hydrogen-bond acceptors (Lipinski definition) is 4. The number of aromatic nitrogens is 1. The van der Waals surface area contributed by atoms with Gasteiger partial charge in [0, 0.05) is 12.4 Å². The van der Waals surface area contributed by atoms with Crippen LogP contribution in [0.4, 0.5) is 4.79 Å². The summed E-state index contributed by atoms with van der Waals surface area (Å²) in [6.07, 6.45) is 2.73. The number of nitrogens with zero attached hydrogens (tertiary/aromatic N) is 6. The zero-order valence-electron chi connectivity index (χ0n) is 8.52. The zero-order valence-corrected chi connectivity index (χ0v) is 8.52. The molecule has 0 aromatic carbocycles. The molecule has 1 aromatic rings. The number of guanidine groups is 1. The molecule has 0 aliphatic carbocycles. The van der Waals surface area contributed by atoms with Gasteiger partial charge in [-0.1, -0.05) is 0 Å². The molecule has 0 fully saturated rings. The molecule has 0 spiro atoms. The largest absolute Gasteiger partial charge is 0.509 e. The minimum absolute atomic E-state index is 0.0645. The van der Waals surface area contributed by atoms with Gasteiger partial charge in [0.2, 0.25) is 0 Å². The predicted octanol–water partition coefficient (Wildman–Crippen LogP) is 1.61. The monoisotopic (exact) mass is 221 g/mol. The highest BCUT2D eigenvalue weighted by Crippen LogP contribution is 2.02. The highest BCUT2D eigenvalue weighted by molar-refractivity contribution is 5.80. The lowest BCUT2D eigenvalue weighted by atomic mass is 10.7. The molecule has 8 nitrogen and oxygen atoms in total. The lowest BCUT2D eigenvalue weighted by molar-refractivity contribution is -0.508. The minimum Gasteiger partial charge on any atom is -0.436 e. The molecule has 1 aliphatic rings. The van der Waals surface area contributed by atoms with E-state index in [1.807, 2.05) is 0 Å². The van der Waals surface area contributed by atoms with E-state index in [-0.39, 0.29) is 12.6 Å². The molecule has 1 aliphatic heterocycles. The summed E-state index contributed by atoms with van der Waals surface area (Å²) in [4.78, 5) is 11.7. The predicted molar refractivity (Wildman–Crippen MR) is 51.8 cm³/mol. The molecule has 0 N–H and O–H groups in total. The van der Waals surface area contributed by atoms with Gasteiger partial charge >= 0.3 is 12.1 Å². The molecule has 2 rings (SSSR count). The second-order valence-corrected chi connectivity index (χ2v) is 2.75. The first kappa shape index (κ1) is 10.1.